The van der Waals surface area contributed by atoms with Gasteiger partial charge in [0, 0.05) is 9.75 Å². The van der Waals surface area contributed by atoms with Gasteiger partial charge in [-0.15, -0.1) is 27.8 Å². The van der Waals surface area contributed by atoms with Gasteiger partial charge >= 0.3 is 0 Å². The quantitative estimate of drug-likeness (QED) is 0.415. The van der Waals surface area contributed by atoms with Crippen molar-refractivity contribution in [1.82, 2.24) is 25.5 Å². The molecular formula is C19H16FN5OS3. The molecule has 1 amide bonds. The molecule has 3 aromatic heterocycles. The van der Waals surface area contributed by atoms with Crippen molar-refractivity contribution >= 4 is 40.3 Å². The number of rotatable bonds is 8. The lowest BCUT2D eigenvalue weighted by atomic mass is 10.1. The largest absolute Gasteiger partial charge is 0.344 e. The molecular weight excluding hydrogens is 429 g/mol. The Bertz CT molecular complexity index is 1050. The van der Waals surface area contributed by atoms with Gasteiger partial charge < -0.3 is 5.32 Å². The number of thioether (sulfide) groups is 1. The minimum Gasteiger partial charge on any atom is -0.344 e. The van der Waals surface area contributed by atoms with Gasteiger partial charge in [0.15, 0.2) is 0 Å². The van der Waals surface area contributed by atoms with E-state index in [1.807, 2.05) is 35.0 Å². The Hall–Kier alpha value is -2.56. The van der Waals surface area contributed by atoms with E-state index in [-0.39, 0.29) is 23.5 Å². The van der Waals surface area contributed by atoms with Crippen LogP contribution in [0.3, 0.4) is 0 Å². The number of benzene rings is 1. The molecule has 0 spiro atoms. The summed E-state index contributed by atoms with van der Waals surface area (Å²) in [5.74, 6) is -0.282. The van der Waals surface area contributed by atoms with Crippen LogP contribution in [-0.2, 0) is 11.3 Å². The lowest BCUT2D eigenvalue weighted by Crippen LogP contribution is -2.30. The molecule has 6 nitrogen and oxygen atoms in total. The Balaban J connectivity index is 1.41. The number of tetrazole rings is 1. The van der Waals surface area contributed by atoms with Crippen molar-refractivity contribution in [3.63, 3.8) is 0 Å². The monoisotopic (exact) mass is 445 g/mol. The van der Waals surface area contributed by atoms with Crippen molar-refractivity contribution in [2.24, 2.45) is 0 Å². The number of thiophene rings is 2. The molecule has 0 aliphatic rings. The normalized spacial score (nSPS) is 12.0. The van der Waals surface area contributed by atoms with E-state index in [2.05, 4.69) is 20.8 Å². The molecule has 0 bridgehead atoms. The zero-order chi connectivity index (χ0) is 20.1. The summed E-state index contributed by atoms with van der Waals surface area (Å²) in [4.78, 5) is 14.8. The van der Waals surface area contributed by atoms with Gasteiger partial charge in [0.1, 0.15) is 5.82 Å². The number of aromatic nitrogens is 4. The summed E-state index contributed by atoms with van der Waals surface area (Å²) in [6.07, 6.45) is 0. The molecule has 0 aliphatic carbocycles. The molecule has 1 N–H and O–H groups in total. The lowest BCUT2D eigenvalue weighted by Gasteiger charge is -2.18. The third kappa shape index (κ3) is 5.08. The van der Waals surface area contributed by atoms with Crippen molar-refractivity contribution in [1.29, 1.82) is 0 Å². The van der Waals surface area contributed by atoms with E-state index in [0.717, 1.165) is 15.3 Å². The maximum Gasteiger partial charge on any atom is 0.231 e. The topological polar surface area (TPSA) is 72.7 Å². The van der Waals surface area contributed by atoms with Gasteiger partial charge in [-0.05, 0) is 51.0 Å². The molecule has 4 rings (SSSR count). The molecule has 3 heterocycles. The van der Waals surface area contributed by atoms with Crippen LogP contribution in [0, 0.1) is 5.82 Å². The molecule has 4 aromatic rings. The number of hydrogen-bond donors (Lipinski definition) is 1. The van der Waals surface area contributed by atoms with Crippen molar-refractivity contribution in [3.05, 3.63) is 80.4 Å². The second kappa shape index (κ2) is 9.29. The van der Waals surface area contributed by atoms with Crippen LogP contribution in [0.2, 0.25) is 0 Å². The van der Waals surface area contributed by atoms with Gasteiger partial charge in [-0.1, -0.05) is 36.0 Å². The molecule has 1 aromatic carbocycles. The van der Waals surface area contributed by atoms with Crippen LogP contribution >= 0.6 is 34.4 Å². The van der Waals surface area contributed by atoms with Gasteiger partial charge in [0.2, 0.25) is 11.1 Å². The van der Waals surface area contributed by atoms with Crippen LogP contribution in [0.25, 0.3) is 0 Å². The summed E-state index contributed by atoms with van der Waals surface area (Å²) in [6.45, 7) is 0.571. The average Bonchev–Trinajstić information content (AvgIpc) is 3.49. The minimum absolute atomic E-state index is 0.150. The van der Waals surface area contributed by atoms with Crippen molar-refractivity contribution < 1.29 is 9.18 Å². The molecule has 0 unspecified atom stereocenters. The maximum atomic E-state index is 13.3. The van der Waals surface area contributed by atoms with Crippen molar-refractivity contribution in [2.45, 2.75) is 17.7 Å². The summed E-state index contributed by atoms with van der Waals surface area (Å²) >= 11 is 4.45. The standard InChI is InChI=1S/C19H16FN5OS3/c20-14-7-5-13(6-8-14)18(16-4-2-10-28-16)21-17(26)12-29-19-22-23-24-25(19)11-15-3-1-9-27-15/h1-10,18H,11-12H2,(H,21,26)/t18-/m0/s1. The number of carbonyl (C=O) groups excluding carboxylic acids is 1. The van der Waals surface area contributed by atoms with Crippen LogP contribution in [0.1, 0.15) is 21.4 Å². The van der Waals surface area contributed by atoms with E-state index in [0.29, 0.717) is 11.7 Å². The highest BCUT2D eigenvalue weighted by atomic mass is 32.2. The maximum absolute atomic E-state index is 13.3. The molecule has 0 aliphatic heterocycles. The molecule has 0 radical (unpaired) electrons. The molecule has 10 heteroatoms. The van der Waals surface area contributed by atoms with Crippen molar-refractivity contribution in [2.75, 3.05) is 5.75 Å². The predicted octanol–water partition coefficient (Wildman–Crippen LogP) is 3.98. The second-order valence-corrected chi connectivity index (χ2v) is 9.01. The first-order valence-corrected chi connectivity index (χ1v) is 11.4. The minimum atomic E-state index is -0.328. The lowest BCUT2D eigenvalue weighted by molar-refractivity contribution is -0.119. The first kappa shape index (κ1) is 19.7. The molecule has 0 saturated carbocycles. The summed E-state index contributed by atoms with van der Waals surface area (Å²) in [5, 5.41) is 19.3. The molecule has 148 valence electrons. The third-order valence-electron chi connectivity index (χ3n) is 4.05. The summed E-state index contributed by atoms with van der Waals surface area (Å²) in [6, 6.07) is 13.7. The van der Waals surface area contributed by atoms with Crippen molar-refractivity contribution in [3.8, 4) is 0 Å². The number of carbonyl (C=O) groups is 1. The summed E-state index contributed by atoms with van der Waals surface area (Å²) < 4.78 is 15.0. The van der Waals surface area contributed by atoms with E-state index < -0.39 is 0 Å². The Morgan fingerprint density at radius 3 is 2.66 bits per heavy atom. The Morgan fingerprint density at radius 1 is 1.14 bits per heavy atom. The molecule has 1 atom stereocenters. The predicted molar refractivity (Wildman–Crippen MR) is 113 cm³/mol. The number of amides is 1. The fraction of sp³-hybridized carbons (Fsp3) is 0.158. The highest BCUT2D eigenvalue weighted by Crippen LogP contribution is 2.27. The number of hydrogen-bond acceptors (Lipinski definition) is 7. The highest BCUT2D eigenvalue weighted by Gasteiger charge is 2.19. The fourth-order valence-electron chi connectivity index (χ4n) is 2.71. The smallest absolute Gasteiger partial charge is 0.231 e. The molecule has 0 fully saturated rings. The SMILES string of the molecule is O=C(CSc1nnnn1Cc1cccs1)N[C@@H](c1ccc(F)cc1)c1cccs1. The van der Waals surface area contributed by atoms with Gasteiger partial charge in [-0.3, -0.25) is 4.79 Å². The second-order valence-electron chi connectivity index (χ2n) is 6.05. The molecule has 0 saturated heterocycles. The van der Waals surface area contributed by atoms with E-state index >= 15 is 0 Å². The zero-order valence-corrected chi connectivity index (χ0v) is 17.5. The first-order valence-electron chi connectivity index (χ1n) is 8.68. The van der Waals surface area contributed by atoms with E-state index in [1.165, 1.54) is 23.9 Å². The van der Waals surface area contributed by atoms with Gasteiger partial charge in [-0.25, -0.2) is 9.07 Å². The highest BCUT2D eigenvalue weighted by molar-refractivity contribution is 7.99. The van der Waals surface area contributed by atoms with E-state index in [4.69, 9.17) is 0 Å². The van der Waals surface area contributed by atoms with Gasteiger partial charge in [0.25, 0.3) is 0 Å². The number of nitrogens with zero attached hydrogens (tertiary/aromatic N) is 4. The van der Waals surface area contributed by atoms with Gasteiger partial charge in [-0.2, -0.15) is 0 Å². The Labute approximate surface area is 178 Å². The Morgan fingerprint density at radius 2 is 1.93 bits per heavy atom. The van der Waals surface area contributed by atoms with E-state index in [1.54, 1.807) is 39.5 Å². The summed E-state index contributed by atoms with van der Waals surface area (Å²) in [7, 11) is 0. The van der Waals surface area contributed by atoms with Gasteiger partial charge in [0.05, 0.1) is 18.3 Å². The number of nitrogens with one attached hydrogen (secondary N) is 1. The number of halogens is 1. The van der Waals surface area contributed by atoms with Crippen LogP contribution in [0.4, 0.5) is 4.39 Å². The zero-order valence-electron chi connectivity index (χ0n) is 15.1. The third-order valence-corrected chi connectivity index (χ3v) is 6.81. The van der Waals surface area contributed by atoms with Crippen LogP contribution < -0.4 is 5.32 Å². The average molecular weight is 446 g/mol. The van der Waals surface area contributed by atoms with Crippen LogP contribution in [0.5, 0.6) is 0 Å². The van der Waals surface area contributed by atoms with E-state index in [9.17, 15) is 9.18 Å². The Kier molecular flexibility index (Phi) is 6.33. The molecule has 29 heavy (non-hydrogen) atoms. The van der Waals surface area contributed by atoms with Crippen LogP contribution in [0.15, 0.2) is 64.4 Å². The first-order chi connectivity index (χ1) is 14.2. The fourth-order valence-corrected chi connectivity index (χ4v) is 4.89. The summed E-state index contributed by atoms with van der Waals surface area (Å²) in [5.41, 5.74) is 0.828. The van der Waals surface area contributed by atoms with Crippen LogP contribution in [-0.4, -0.2) is 31.9 Å².